The minimum absolute atomic E-state index is 0. The zero-order valence-corrected chi connectivity index (χ0v) is 17.5. The van der Waals surface area contributed by atoms with Crippen LogP contribution in [0.1, 0.15) is 42.0 Å². The number of nitrogens with zero attached hydrogens (tertiary/aromatic N) is 5. The Labute approximate surface area is 173 Å². The van der Waals surface area contributed by atoms with Crippen LogP contribution in [0, 0.1) is 19.8 Å². The minimum atomic E-state index is -4.62. The Hall–Kier alpha value is -1.94. The fourth-order valence-electron chi connectivity index (χ4n) is 3.83. The standard InChI is InChI=1S/C18H25F3N6O.ClH/c1-11-14(6-7-15(28)26-8-4-5-13(10-26)9-22-3)12(2)27-17(23-11)24-16(25-27)18(19,20)21;/h13,22H,4-10H2,1-3H3;1H. The molecule has 0 saturated carbocycles. The molecule has 1 fully saturated rings. The first-order chi connectivity index (χ1) is 13.2. The van der Waals surface area contributed by atoms with Crippen molar-refractivity contribution >= 4 is 24.1 Å². The number of piperidine rings is 1. The molecule has 7 nitrogen and oxygen atoms in total. The molecule has 2 aromatic rings. The first-order valence-corrected chi connectivity index (χ1v) is 9.43. The number of aryl methyl sites for hydroxylation is 2. The molecule has 1 amide bonds. The molecule has 0 aromatic carbocycles. The molecule has 1 N–H and O–H groups in total. The molecule has 162 valence electrons. The van der Waals surface area contributed by atoms with Crippen LogP contribution in [0.5, 0.6) is 0 Å². The van der Waals surface area contributed by atoms with E-state index in [-0.39, 0.29) is 24.1 Å². The first-order valence-electron chi connectivity index (χ1n) is 9.43. The molecule has 3 heterocycles. The summed E-state index contributed by atoms with van der Waals surface area (Å²) in [5, 5.41) is 6.71. The molecule has 3 rings (SSSR count). The Morgan fingerprint density at radius 1 is 1.28 bits per heavy atom. The van der Waals surface area contributed by atoms with Gasteiger partial charge in [0, 0.05) is 30.9 Å². The minimum Gasteiger partial charge on any atom is -0.342 e. The average Bonchev–Trinajstić information content (AvgIpc) is 3.06. The molecule has 1 saturated heterocycles. The van der Waals surface area contributed by atoms with Gasteiger partial charge in [-0.3, -0.25) is 4.79 Å². The van der Waals surface area contributed by atoms with Crippen molar-refractivity contribution in [3.05, 3.63) is 22.8 Å². The second kappa shape index (κ2) is 9.25. The summed E-state index contributed by atoms with van der Waals surface area (Å²) < 4.78 is 39.8. The molecule has 0 bridgehead atoms. The van der Waals surface area contributed by atoms with E-state index in [2.05, 4.69) is 20.4 Å². The summed E-state index contributed by atoms with van der Waals surface area (Å²) in [5.74, 6) is -0.766. The highest BCUT2D eigenvalue weighted by molar-refractivity contribution is 5.85. The fourth-order valence-corrected chi connectivity index (χ4v) is 3.83. The highest BCUT2D eigenvalue weighted by Crippen LogP contribution is 2.27. The summed E-state index contributed by atoms with van der Waals surface area (Å²) in [4.78, 5) is 22.2. The van der Waals surface area contributed by atoms with Gasteiger partial charge in [0.05, 0.1) is 0 Å². The number of hydrogen-bond donors (Lipinski definition) is 1. The summed E-state index contributed by atoms with van der Waals surface area (Å²) in [6.07, 6.45) is -1.82. The predicted molar refractivity (Wildman–Crippen MR) is 104 cm³/mol. The van der Waals surface area contributed by atoms with Gasteiger partial charge >= 0.3 is 6.18 Å². The second-order valence-electron chi connectivity index (χ2n) is 7.31. The van der Waals surface area contributed by atoms with Gasteiger partial charge in [0.1, 0.15) is 0 Å². The summed E-state index contributed by atoms with van der Waals surface area (Å²) in [5.41, 5.74) is 1.85. The Kier molecular flexibility index (Phi) is 7.45. The van der Waals surface area contributed by atoms with Crippen LogP contribution >= 0.6 is 12.4 Å². The summed E-state index contributed by atoms with van der Waals surface area (Å²) in [6.45, 7) is 5.79. The normalized spacial score (nSPS) is 17.4. The van der Waals surface area contributed by atoms with E-state index in [1.807, 2.05) is 11.9 Å². The van der Waals surface area contributed by atoms with E-state index >= 15 is 0 Å². The summed E-state index contributed by atoms with van der Waals surface area (Å²) >= 11 is 0. The Balaban J connectivity index is 0.00000300. The second-order valence-corrected chi connectivity index (χ2v) is 7.31. The molecule has 29 heavy (non-hydrogen) atoms. The van der Waals surface area contributed by atoms with Crippen LogP contribution in [-0.4, -0.2) is 57.1 Å². The number of alkyl halides is 3. The van der Waals surface area contributed by atoms with Crippen LogP contribution in [0.15, 0.2) is 0 Å². The van der Waals surface area contributed by atoms with E-state index in [9.17, 15) is 18.0 Å². The predicted octanol–water partition coefficient (Wildman–Crippen LogP) is 2.57. The van der Waals surface area contributed by atoms with Crippen LogP contribution in [0.3, 0.4) is 0 Å². The quantitative estimate of drug-likeness (QED) is 0.782. The number of amides is 1. The average molecular weight is 435 g/mol. The van der Waals surface area contributed by atoms with Crippen molar-refractivity contribution < 1.29 is 18.0 Å². The van der Waals surface area contributed by atoms with Gasteiger partial charge in [-0.25, -0.2) is 9.50 Å². The topological polar surface area (TPSA) is 75.4 Å². The number of carbonyl (C=O) groups excluding carboxylic acids is 1. The number of likely N-dealkylation sites (tertiary alicyclic amines) is 1. The van der Waals surface area contributed by atoms with Crippen LogP contribution in [-0.2, 0) is 17.4 Å². The fraction of sp³-hybridized carbons (Fsp3) is 0.667. The maximum Gasteiger partial charge on any atom is 0.453 e. The van der Waals surface area contributed by atoms with Gasteiger partial charge in [0.2, 0.25) is 5.91 Å². The maximum atomic E-state index is 12.9. The molecule has 1 atom stereocenters. The van der Waals surface area contributed by atoms with Crippen LogP contribution in [0.4, 0.5) is 13.2 Å². The van der Waals surface area contributed by atoms with Crippen molar-refractivity contribution in [1.82, 2.24) is 29.8 Å². The van der Waals surface area contributed by atoms with Crippen molar-refractivity contribution in [3.8, 4) is 0 Å². The summed E-state index contributed by atoms with van der Waals surface area (Å²) in [6, 6.07) is 0. The van der Waals surface area contributed by atoms with Gasteiger partial charge in [-0.2, -0.15) is 18.2 Å². The lowest BCUT2D eigenvalue weighted by molar-refractivity contribution is -0.144. The lowest BCUT2D eigenvalue weighted by Gasteiger charge is -2.33. The molecular weight excluding hydrogens is 409 g/mol. The number of aromatic nitrogens is 4. The third-order valence-electron chi connectivity index (χ3n) is 5.26. The summed E-state index contributed by atoms with van der Waals surface area (Å²) in [7, 11) is 1.91. The third kappa shape index (κ3) is 5.16. The SMILES string of the molecule is CNCC1CCCN(C(=O)CCc2c(C)nc3nc(C(F)(F)F)nn3c2C)C1.Cl. The van der Waals surface area contributed by atoms with E-state index in [4.69, 9.17) is 0 Å². The lowest BCUT2D eigenvalue weighted by atomic mass is 9.97. The molecule has 0 radical (unpaired) electrons. The van der Waals surface area contributed by atoms with Crippen molar-refractivity contribution in [2.45, 2.75) is 45.7 Å². The molecule has 1 aliphatic rings. The Morgan fingerprint density at radius 3 is 2.66 bits per heavy atom. The zero-order chi connectivity index (χ0) is 20.5. The lowest BCUT2D eigenvalue weighted by Crippen LogP contribution is -2.42. The number of fused-ring (bicyclic) bond motifs is 1. The molecule has 0 spiro atoms. The van der Waals surface area contributed by atoms with Crippen molar-refractivity contribution in [3.63, 3.8) is 0 Å². The number of halogens is 4. The highest BCUT2D eigenvalue weighted by Gasteiger charge is 2.37. The van der Waals surface area contributed by atoms with Crippen LogP contribution in [0.25, 0.3) is 5.78 Å². The molecular formula is C18H26ClF3N6O. The largest absolute Gasteiger partial charge is 0.453 e. The van der Waals surface area contributed by atoms with E-state index in [0.29, 0.717) is 30.1 Å². The zero-order valence-electron chi connectivity index (χ0n) is 16.7. The molecule has 0 aliphatic carbocycles. The molecule has 1 unspecified atom stereocenters. The van der Waals surface area contributed by atoms with E-state index in [0.717, 1.165) is 42.6 Å². The third-order valence-corrected chi connectivity index (χ3v) is 5.26. The van der Waals surface area contributed by atoms with E-state index < -0.39 is 12.0 Å². The number of hydrogen-bond acceptors (Lipinski definition) is 5. The molecule has 1 aliphatic heterocycles. The van der Waals surface area contributed by atoms with Gasteiger partial charge in [-0.05, 0) is 58.2 Å². The highest BCUT2D eigenvalue weighted by atomic mass is 35.5. The number of carbonyl (C=O) groups is 1. The van der Waals surface area contributed by atoms with E-state index in [1.165, 1.54) is 0 Å². The monoisotopic (exact) mass is 434 g/mol. The maximum absolute atomic E-state index is 12.9. The van der Waals surface area contributed by atoms with Crippen LogP contribution < -0.4 is 5.32 Å². The first kappa shape index (κ1) is 23.3. The van der Waals surface area contributed by atoms with Gasteiger partial charge in [0.25, 0.3) is 11.6 Å². The van der Waals surface area contributed by atoms with Crippen molar-refractivity contribution in [2.24, 2.45) is 5.92 Å². The van der Waals surface area contributed by atoms with Gasteiger partial charge < -0.3 is 10.2 Å². The molecule has 2 aromatic heterocycles. The smallest absolute Gasteiger partial charge is 0.342 e. The Morgan fingerprint density at radius 2 is 2.00 bits per heavy atom. The van der Waals surface area contributed by atoms with Gasteiger partial charge in [-0.15, -0.1) is 17.5 Å². The van der Waals surface area contributed by atoms with Crippen LogP contribution in [0.2, 0.25) is 0 Å². The van der Waals surface area contributed by atoms with Crippen molar-refractivity contribution in [1.29, 1.82) is 0 Å². The number of nitrogens with one attached hydrogen (secondary N) is 1. The van der Waals surface area contributed by atoms with E-state index in [1.54, 1.807) is 13.8 Å². The number of rotatable bonds is 5. The van der Waals surface area contributed by atoms with Gasteiger partial charge in [0.15, 0.2) is 0 Å². The molecule has 11 heteroatoms. The Bertz CT molecular complexity index is 867. The van der Waals surface area contributed by atoms with Crippen molar-refractivity contribution in [2.75, 3.05) is 26.7 Å². The van der Waals surface area contributed by atoms with Gasteiger partial charge in [-0.1, -0.05) is 0 Å².